The van der Waals surface area contributed by atoms with E-state index >= 15 is 0 Å². The average Bonchev–Trinajstić information content (AvgIpc) is 2.55. The lowest BCUT2D eigenvalue weighted by molar-refractivity contribution is 0.0860. The molecule has 0 atom stereocenters. The van der Waals surface area contributed by atoms with Gasteiger partial charge in [0, 0.05) is 15.3 Å². The first-order valence-electron chi connectivity index (χ1n) is 7.62. The van der Waals surface area contributed by atoms with Gasteiger partial charge in [0.2, 0.25) is 0 Å². The Balaban J connectivity index is 2.36. The molecule has 1 aromatic heterocycles. The fourth-order valence-corrected chi connectivity index (χ4v) is 2.73. The molecule has 0 saturated heterocycles. The number of hydrogen-bond donors (Lipinski definition) is 1. The van der Waals surface area contributed by atoms with Gasteiger partial charge in [-0.15, -0.1) is 0 Å². The first-order chi connectivity index (χ1) is 11.8. The third kappa shape index (κ3) is 4.88. The largest absolute Gasteiger partial charge is 0.393 e. The Hall–Kier alpha value is -2.23. The van der Waals surface area contributed by atoms with Gasteiger partial charge in [0.1, 0.15) is 6.10 Å². The molecule has 8 heteroatoms. The van der Waals surface area contributed by atoms with Gasteiger partial charge >= 0.3 is 5.69 Å². The molecular formula is C17H18IN3O4. The van der Waals surface area contributed by atoms with Crippen LogP contribution in [0.5, 0.6) is 0 Å². The summed E-state index contributed by atoms with van der Waals surface area (Å²) in [6, 6.07) is 7.10. The Bertz CT molecular complexity index is 928. The summed E-state index contributed by atoms with van der Waals surface area (Å²) >= 11 is 2.06. The van der Waals surface area contributed by atoms with Crippen LogP contribution in [-0.2, 0) is 11.4 Å². The van der Waals surface area contributed by atoms with Gasteiger partial charge in [-0.05, 0) is 49.4 Å². The number of ketones is 1. The number of halogens is 1. The van der Waals surface area contributed by atoms with Gasteiger partial charge in [0.05, 0.1) is 17.8 Å². The SMILES string of the molecule is C/C(=N\OC(C)C)c1cn(CC(=O)c2ccccc2I)c(=O)[nH]c1=O. The minimum atomic E-state index is -0.648. The summed E-state index contributed by atoms with van der Waals surface area (Å²) in [4.78, 5) is 43.8. The number of aromatic amines is 1. The zero-order chi connectivity index (χ0) is 18.6. The van der Waals surface area contributed by atoms with Crippen molar-refractivity contribution in [1.29, 1.82) is 0 Å². The van der Waals surface area contributed by atoms with E-state index in [2.05, 4.69) is 32.7 Å². The molecule has 0 unspecified atom stereocenters. The summed E-state index contributed by atoms with van der Waals surface area (Å²) < 4.78 is 1.96. The van der Waals surface area contributed by atoms with Crippen molar-refractivity contribution in [3.8, 4) is 0 Å². The second kappa shape index (κ2) is 8.24. The number of H-pyrrole nitrogens is 1. The highest BCUT2D eigenvalue weighted by atomic mass is 127. The molecule has 1 N–H and O–H groups in total. The van der Waals surface area contributed by atoms with Crippen LogP contribution in [0, 0.1) is 3.57 Å². The van der Waals surface area contributed by atoms with Crippen LogP contribution in [0.25, 0.3) is 0 Å². The third-order valence-corrected chi connectivity index (χ3v) is 4.23. The van der Waals surface area contributed by atoms with Crippen LogP contribution in [0.1, 0.15) is 36.7 Å². The number of carbonyl (C=O) groups excluding carboxylic acids is 1. The lowest BCUT2D eigenvalue weighted by atomic mass is 10.1. The standard InChI is InChI=1S/C17H18IN3O4/c1-10(2)25-20-11(3)13-8-21(17(24)19-16(13)23)9-15(22)12-6-4-5-7-14(12)18/h4-8,10H,9H2,1-3H3,(H,19,23,24)/b20-11+. The molecule has 0 bridgehead atoms. The highest BCUT2D eigenvalue weighted by Gasteiger charge is 2.14. The highest BCUT2D eigenvalue weighted by Crippen LogP contribution is 2.12. The fraction of sp³-hybridized carbons (Fsp3) is 0.294. The zero-order valence-corrected chi connectivity index (χ0v) is 16.2. The Morgan fingerprint density at radius 3 is 2.60 bits per heavy atom. The van der Waals surface area contributed by atoms with E-state index in [1.54, 1.807) is 19.1 Å². The number of rotatable bonds is 6. The number of Topliss-reactive ketones (excluding diaryl/α,β-unsaturated/α-hetero) is 1. The summed E-state index contributed by atoms with van der Waals surface area (Å²) in [5, 5.41) is 3.87. The number of oxime groups is 1. The van der Waals surface area contributed by atoms with Crippen molar-refractivity contribution >= 4 is 34.1 Å². The van der Waals surface area contributed by atoms with Gasteiger partial charge in [0.15, 0.2) is 5.78 Å². The van der Waals surface area contributed by atoms with Crippen molar-refractivity contribution in [2.75, 3.05) is 0 Å². The second-order valence-corrected chi connectivity index (χ2v) is 6.83. The van der Waals surface area contributed by atoms with E-state index in [4.69, 9.17) is 4.84 Å². The van der Waals surface area contributed by atoms with E-state index in [1.807, 2.05) is 26.0 Å². The van der Waals surface area contributed by atoms with Crippen molar-refractivity contribution < 1.29 is 9.63 Å². The van der Waals surface area contributed by atoms with Crippen LogP contribution in [0.15, 0.2) is 45.2 Å². The number of nitrogens with one attached hydrogen (secondary N) is 1. The topological polar surface area (TPSA) is 93.5 Å². The molecule has 0 amide bonds. The number of nitrogens with zero attached hydrogens (tertiary/aromatic N) is 2. The quantitative estimate of drug-likeness (QED) is 0.313. The third-order valence-electron chi connectivity index (χ3n) is 3.29. The Morgan fingerprint density at radius 2 is 1.96 bits per heavy atom. The Labute approximate surface area is 157 Å². The van der Waals surface area contributed by atoms with Crippen LogP contribution in [0.2, 0.25) is 0 Å². The number of aromatic nitrogens is 2. The Morgan fingerprint density at radius 1 is 1.28 bits per heavy atom. The van der Waals surface area contributed by atoms with Gasteiger partial charge in [-0.2, -0.15) is 0 Å². The maximum Gasteiger partial charge on any atom is 0.328 e. The number of benzene rings is 1. The van der Waals surface area contributed by atoms with Crippen LogP contribution in [0.4, 0.5) is 0 Å². The molecular weight excluding hydrogens is 437 g/mol. The van der Waals surface area contributed by atoms with Crippen LogP contribution in [0.3, 0.4) is 0 Å². The molecule has 132 valence electrons. The maximum absolute atomic E-state index is 12.5. The highest BCUT2D eigenvalue weighted by molar-refractivity contribution is 14.1. The Kier molecular flexibility index (Phi) is 6.29. The minimum Gasteiger partial charge on any atom is -0.393 e. The molecule has 0 spiro atoms. The van der Waals surface area contributed by atoms with Crippen LogP contribution >= 0.6 is 22.6 Å². The van der Waals surface area contributed by atoms with E-state index in [9.17, 15) is 14.4 Å². The smallest absolute Gasteiger partial charge is 0.328 e. The second-order valence-electron chi connectivity index (χ2n) is 5.66. The first kappa shape index (κ1) is 19.1. The molecule has 7 nitrogen and oxygen atoms in total. The lowest BCUT2D eigenvalue weighted by Gasteiger charge is -2.09. The van der Waals surface area contributed by atoms with Gasteiger partial charge < -0.3 is 4.84 Å². The molecule has 0 aliphatic carbocycles. The molecule has 1 heterocycles. The number of carbonyl (C=O) groups is 1. The van der Waals surface area contributed by atoms with E-state index in [0.29, 0.717) is 11.3 Å². The molecule has 1 aromatic carbocycles. The van der Waals surface area contributed by atoms with E-state index in [0.717, 1.165) is 8.14 Å². The summed E-state index contributed by atoms with van der Waals surface area (Å²) in [6.07, 6.45) is 1.19. The zero-order valence-electron chi connectivity index (χ0n) is 14.1. The summed E-state index contributed by atoms with van der Waals surface area (Å²) in [5.41, 5.74) is -0.195. The van der Waals surface area contributed by atoms with E-state index in [-0.39, 0.29) is 24.0 Å². The minimum absolute atomic E-state index is 0.137. The van der Waals surface area contributed by atoms with Crippen molar-refractivity contribution in [1.82, 2.24) is 9.55 Å². The van der Waals surface area contributed by atoms with Gasteiger partial charge in [-0.3, -0.25) is 19.1 Å². The molecule has 0 aliphatic heterocycles. The number of hydrogen-bond acceptors (Lipinski definition) is 5. The summed E-state index contributed by atoms with van der Waals surface area (Å²) in [5.74, 6) is -0.224. The van der Waals surface area contributed by atoms with Gasteiger partial charge in [-0.25, -0.2) is 4.79 Å². The normalized spacial score (nSPS) is 11.6. The summed E-state index contributed by atoms with van der Waals surface area (Å²) in [7, 11) is 0. The molecule has 25 heavy (non-hydrogen) atoms. The fourth-order valence-electron chi connectivity index (χ4n) is 2.05. The lowest BCUT2D eigenvalue weighted by Crippen LogP contribution is -2.34. The average molecular weight is 455 g/mol. The predicted octanol–water partition coefficient (Wildman–Crippen LogP) is 2.17. The first-order valence-corrected chi connectivity index (χ1v) is 8.69. The molecule has 2 aromatic rings. The van der Waals surface area contributed by atoms with Crippen LogP contribution in [-0.4, -0.2) is 27.1 Å². The molecule has 0 radical (unpaired) electrons. The van der Waals surface area contributed by atoms with Crippen molar-refractivity contribution in [3.05, 3.63) is 66.0 Å². The van der Waals surface area contributed by atoms with Crippen molar-refractivity contribution in [2.24, 2.45) is 5.16 Å². The molecule has 2 rings (SSSR count). The van der Waals surface area contributed by atoms with E-state index in [1.165, 1.54) is 6.20 Å². The molecule has 0 fully saturated rings. The van der Waals surface area contributed by atoms with Crippen LogP contribution < -0.4 is 11.2 Å². The van der Waals surface area contributed by atoms with Crippen molar-refractivity contribution in [3.63, 3.8) is 0 Å². The monoisotopic (exact) mass is 455 g/mol. The van der Waals surface area contributed by atoms with Crippen molar-refractivity contribution in [2.45, 2.75) is 33.4 Å². The van der Waals surface area contributed by atoms with Gasteiger partial charge in [-0.1, -0.05) is 23.4 Å². The maximum atomic E-state index is 12.5. The summed E-state index contributed by atoms with van der Waals surface area (Å²) in [6.45, 7) is 5.04. The predicted molar refractivity (Wildman–Crippen MR) is 103 cm³/mol. The van der Waals surface area contributed by atoms with E-state index < -0.39 is 11.2 Å². The molecule has 0 aliphatic rings. The molecule has 0 saturated carbocycles. The van der Waals surface area contributed by atoms with Gasteiger partial charge in [0.25, 0.3) is 5.56 Å².